The van der Waals surface area contributed by atoms with Crippen LogP contribution in [0.15, 0.2) is 91.0 Å². The molecule has 1 heterocycles. The van der Waals surface area contributed by atoms with Crippen LogP contribution in [0.4, 0.5) is 17.1 Å². The molecule has 4 aromatic rings. The van der Waals surface area contributed by atoms with Crippen LogP contribution in [0.25, 0.3) is 21.8 Å². The minimum absolute atomic E-state index is 0.439. The number of hydrogen-bond acceptors (Lipinski definition) is 5. The summed E-state index contributed by atoms with van der Waals surface area (Å²) < 4.78 is 30.9. The quantitative estimate of drug-likeness (QED) is 0.194. The van der Waals surface area contributed by atoms with Crippen molar-refractivity contribution in [3.8, 4) is 5.75 Å². The number of halogens is 2. The Kier molecular flexibility index (Phi) is 10.6. The van der Waals surface area contributed by atoms with Crippen molar-refractivity contribution in [2.24, 2.45) is 0 Å². The van der Waals surface area contributed by atoms with Gasteiger partial charge in [0.15, 0.2) is 0 Å². The van der Waals surface area contributed by atoms with Crippen LogP contribution in [0, 0.1) is 6.42 Å². The number of methoxy groups -OCH3 is 1. The zero-order valence-electron chi connectivity index (χ0n) is 19.6. The van der Waals surface area contributed by atoms with Crippen molar-refractivity contribution < 1.29 is 30.2 Å². The molecule has 0 unspecified atom stereocenters. The van der Waals surface area contributed by atoms with E-state index < -0.39 is 27.1 Å². The van der Waals surface area contributed by atoms with Crippen molar-refractivity contribution in [2.75, 3.05) is 23.4 Å². The van der Waals surface area contributed by atoms with Crippen LogP contribution in [0.2, 0.25) is 0 Å². The number of allylic oxidation sites excluding steroid dienone is 4. The molecule has 0 atom stereocenters. The van der Waals surface area contributed by atoms with Crippen molar-refractivity contribution in [3.05, 3.63) is 97.5 Å². The van der Waals surface area contributed by atoms with Crippen LogP contribution in [0.5, 0.6) is 5.75 Å². The van der Waals surface area contributed by atoms with E-state index in [4.69, 9.17) is 28.3 Å². The van der Waals surface area contributed by atoms with Crippen LogP contribution in [0.1, 0.15) is 0 Å². The second kappa shape index (κ2) is 13.7. The predicted molar refractivity (Wildman–Crippen MR) is 148 cm³/mol. The SMILES string of the molecule is COc1cc(NS(C)(=O)=O)ccc1Nc1c2ccccc2nc2ccccc12.[CH]1C=CC=C1.[Cl][Ti][Cl]. The molecule has 36 heavy (non-hydrogen) atoms. The first-order valence-electron chi connectivity index (χ1n) is 10.7. The first kappa shape index (κ1) is 28.0. The number of pyridine rings is 1. The van der Waals surface area contributed by atoms with Crippen LogP contribution in [-0.2, 0) is 27.1 Å². The summed E-state index contributed by atoms with van der Waals surface area (Å²) in [4.78, 5) is 4.73. The molecular weight excluding hydrogens is 553 g/mol. The summed E-state index contributed by atoms with van der Waals surface area (Å²) >= 11 is -0.556. The number of ether oxygens (including phenoxy) is 1. The third-order valence-corrected chi connectivity index (χ3v) is 5.51. The molecule has 0 fully saturated rings. The number of nitrogens with zero attached hydrogens (tertiary/aromatic N) is 1. The van der Waals surface area contributed by atoms with Gasteiger partial charge in [0.25, 0.3) is 0 Å². The monoisotopic (exact) mass is 576 g/mol. The van der Waals surface area contributed by atoms with Crippen molar-refractivity contribution in [2.45, 2.75) is 0 Å². The van der Waals surface area contributed by atoms with E-state index in [0.717, 1.165) is 39.4 Å². The van der Waals surface area contributed by atoms with E-state index in [-0.39, 0.29) is 0 Å². The summed E-state index contributed by atoms with van der Waals surface area (Å²) in [6.07, 6.45) is 11.1. The topological polar surface area (TPSA) is 80.3 Å². The maximum absolute atomic E-state index is 11.5. The van der Waals surface area contributed by atoms with Gasteiger partial charge < -0.3 is 10.1 Å². The number of hydrogen-bond donors (Lipinski definition) is 2. The fourth-order valence-electron chi connectivity index (χ4n) is 3.50. The summed E-state index contributed by atoms with van der Waals surface area (Å²) in [7, 11) is 7.96. The second-order valence-electron chi connectivity index (χ2n) is 7.47. The number of sulfonamides is 1. The van der Waals surface area contributed by atoms with E-state index in [2.05, 4.69) is 10.0 Å². The Hall–Kier alpha value is -2.55. The van der Waals surface area contributed by atoms with Crippen molar-refractivity contribution in [3.63, 3.8) is 0 Å². The van der Waals surface area contributed by atoms with Crippen molar-refractivity contribution in [1.29, 1.82) is 0 Å². The fourth-order valence-corrected chi connectivity index (χ4v) is 4.06. The van der Waals surface area contributed by atoms with Gasteiger partial charge in [-0.1, -0.05) is 60.7 Å². The molecule has 1 aliphatic rings. The number of aromatic nitrogens is 1. The predicted octanol–water partition coefficient (Wildman–Crippen LogP) is 7.20. The molecule has 0 amide bonds. The Balaban J connectivity index is 0.000000389. The number of benzene rings is 3. The molecule has 185 valence electrons. The van der Waals surface area contributed by atoms with Gasteiger partial charge in [0.1, 0.15) is 5.75 Å². The fraction of sp³-hybridized carbons (Fsp3) is 0.0769. The first-order chi connectivity index (χ1) is 17.4. The number of anilines is 3. The summed E-state index contributed by atoms with van der Waals surface area (Å²) in [5.74, 6) is 0.527. The van der Waals surface area contributed by atoms with E-state index in [1.165, 1.54) is 0 Å². The zero-order chi connectivity index (χ0) is 26.0. The molecule has 5 rings (SSSR count). The number of nitrogens with one attached hydrogen (secondary N) is 2. The molecule has 0 aliphatic heterocycles. The standard InChI is InChI=1S/C21H19N3O3S.C5H5.2ClH.Ti/c1-27-20-13-14(24-28(2,25)26)11-12-19(20)23-21-15-7-3-5-9-17(15)22-18-10-6-4-8-16(18)21;1-2-4-5-3-1;;;/h3-13,24H,1-2H3,(H,22,23);1-5H;2*1H;/q;;;;+2/p-2. The third-order valence-electron chi connectivity index (χ3n) is 4.91. The van der Waals surface area contributed by atoms with Gasteiger partial charge in [-0.2, -0.15) is 0 Å². The van der Waals surface area contributed by atoms with Crippen LogP contribution in [0.3, 0.4) is 0 Å². The molecule has 0 saturated heterocycles. The van der Waals surface area contributed by atoms with Gasteiger partial charge in [-0.05, 0) is 24.3 Å². The van der Waals surface area contributed by atoms with Crippen molar-refractivity contribution in [1.82, 2.24) is 4.98 Å². The molecule has 1 aromatic heterocycles. The molecule has 0 saturated carbocycles. The van der Waals surface area contributed by atoms with E-state index in [1.807, 2.05) is 79.3 Å². The van der Waals surface area contributed by atoms with Crippen LogP contribution in [-0.4, -0.2) is 26.8 Å². The van der Waals surface area contributed by atoms with Gasteiger partial charge in [-0.25, -0.2) is 13.4 Å². The molecule has 10 heteroatoms. The van der Waals surface area contributed by atoms with Crippen LogP contribution >= 0.6 is 18.6 Å². The normalized spacial score (nSPS) is 11.8. The first-order valence-corrected chi connectivity index (χ1v) is 16.9. The number of rotatable bonds is 5. The van der Waals surface area contributed by atoms with E-state index in [1.54, 1.807) is 25.3 Å². The van der Waals surface area contributed by atoms with Gasteiger partial charge in [0, 0.05) is 23.3 Å². The molecule has 2 N–H and O–H groups in total. The van der Waals surface area contributed by atoms with Crippen LogP contribution < -0.4 is 14.8 Å². The Morgan fingerprint density at radius 1 is 0.861 bits per heavy atom. The molecular formula is C26H24Cl2N3O3STi. The van der Waals surface area contributed by atoms with E-state index in [0.29, 0.717) is 11.4 Å². The summed E-state index contributed by atoms with van der Waals surface area (Å²) in [6.45, 7) is 0. The third kappa shape index (κ3) is 7.98. The Labute approximate surface area is 228 Å². The Bertz CT molecular complexity index is 1430. The van der Waals surface area contributed by atoms with Crippen molar-refractivity contribution >= 4 is 67.5 Å². The van der Waals surface area contributed by atoms with Gasteiger partial charge in [-0.15, -0.1) is 0 Å². The second-order valence-corrected chi connectivity index (χ2v) is 11.8. The average molecular weight is 577 g/mol. The van der Waals surface area contributed by atoms with Gasteiger partial charge in [0.2, 0.25) is 10.0 Å². The van der Waals surface area contributed by atoms with Gasteiger partial charge in [-0.3, -0.25) is 4.72 Å². The minimum atomic E-state index is -3.37. The average Bonchev–Trinajstić information content (AvgIpc) is 3.45. The Morgan fingerprint density at radius 2 is 1.42 bits per heavy atom. The summed E-state index contributed by atoms with van der Waals surface area (Å²) in [6, 6.07) is 21.0. The molecule has 1 aliphatic carbocycles. The number of fused-ring (bicyclic) bond motifs is 2. The van der Waals surface area contributed by atoms with Gasteiger partial charge >= 0.3 is 35.6 Å². The maximum atomic E-state index is 11.5. The summed E-state index contributed by atoms with van der Waals surface area (Å²) in [5.41, 5.74) is 3.86. The van der Waals surface area contributed by atoms with E-state index in [9.17, 15) is 8.42 Å². The summed E-state index contributed by atoms with van der Waals surface area (Å²) in [5, 5.41) is 5.43. The molecule has 0 spiro atoms. The van der Waals surface area contributed by atoms with Gasteiger partial charge in [0.05, 0.1) is 41.5 Å². The molecule has 1 radical (unpaired) electrons. The molecule has 6 nitrogen and oxygen atoms in total. The zero-order valence-corrected chi connectivity index (χ0v) is 23.5. The van der Waals surface area contributed by atoms with E-state index >= 15 is 0 Å². The molecule has 0 bridgehead atoms. The Morgan fingerprint density at radius 3 is 1.89 bits per heavy atom. The molecule has 3 aromatic carbocycles. The number of para-hydroxylation sites is 2.